The Bertz CT molecular complexity index is 634. The number of halogens is 1. The number of carboxylic acids is 1. The smallest absolute Gasteiger partial charge is 0.408 e. The number of aliphatic carboxylic acids is 1. The molecule has 0 radical (unpaired) electrons. The second-order valence-corrected chi connectivity index (χ2v) is 8.02. The number of hydrogen-bond acceptors (Lipinski definition) is 3. The van der Waals surface area contributed by atoms with Crippen molar-refractivity contribution >= 4 is 23.7 Å². The molecule has 0 spiro atoms. The second kappa shape index (κ2) is 6.63. The maximum atomic E-state index is 12.1. The van der Waals surface area contributed by atoms with Crippen molar-refractivity contribution in [3.63, 3.8) is 0 Å². The van der Waals surface area contributed by atoms with Gasteiger partial charge in [0.15, 0.2) is 0 Å². The molecule has 0 saturated heterocycles. The summed E-state index contributed by atoms with van der Waals surface area (Å²) < 4.78 is 5.22. The molecular weight excluding hydrogens is 330 g/mol. The fourth-order valence-corrected chi connectivity index (χ4v) is 3.17. The van der Waals surface area contributed by atoms with Gasteiger partial charge >= 0.3 is 12.1 Å². The van der Waals surface area contributed by atoms with Crippen LogP contribution in [0.25, 0.3) is 0 Å². The van der Waals surface area contributed by atoms with E-state index in [-0.39, 0.29) is 5.41 Å². The summed E-state index contributed by atoms with van der Waals surface area (Å²) in [5.41, 5.74) is -0.165. The van der Waals surface area contributed by atoms with E-state index < -0.39 is 29.6 Å². The van der Waals surface area contributed by atoms with Gasteiger partial charge in [0.2, 0.25) is 0 Å². The fraction of sp³-hybridized carbons (Fsp3) is 0.556. The monoisotopic (exact) mass is 353 g/mol. The molecule has 132 valence electrons. The molecule has 0 bridgehead atoms. The summed E-state index contributed by atoms with van der Waals surface area (Å²) in [6.45, 7) is 7.22. The first-order chi connectivity index (χ1) is 11.0. The van der Waals surface area contributed by atoms with Crippen LogP contribution >= 0.6 is 11.6 Å². The van der Waals surface area contributed by atoms with Crippen LogP contribution in [0.3, 0.4) is 0 Å². The maximum Gasteiger partial charge on any atom is 0.408 e. The molecule has 2 rings (SSSR count). The Labute approximate surface area is 147 Å². The molecule has 6 heteroatoms. The molecule has 0 unspecified atom stereocenters. The van der Waals surface area contributed by atoms with Crippen LogP contribution in [0.15, 0.2) is 24.3 Å². The molecule has 0 aliphatic heterocycles. The Morgan fingerprint density at radius 2 is 1.88 bits per heavy atom. The summed E-state index contributed by atoms with van der Waals surface area (Å²) in [4.78, 5) is 24.0. The Morgan fingerprint density at radius 1 is 1.29 bits per heavy atom. The molecule has 1 aliphatic rings. The molecular formula is C18H24ClNO4. The van der Waals surface area contributed by atoms with Gasteiger partial charge in [-0.05, 0) is 50.7 Å². The van der Waals surface area contributed by atoms with Crippen LogP contribution < -0.4 is 5.32 Å². The zero-order valence-electron chi connectivity index (χ0n) is 14.4. The minimum atomic E-state index is -1.10. The van der Waals surface area contributed by atoms with Crippen LogP contribution in [0.2, 0.25) is 5.02 Å². The highest BCUT2D eigenvalue weighted by Crippen LogP contribution is 2.57. The molecule has 5 nitrogen and oxygen atoms in total. The van der Waals surface area contributed by atoms with E-state index in [1.165, 1.54) is 0 Å². The highest BCUT2D eigenvalue weighted by atomic mass is 35.5. The highest BCUT2D eigenvalue weighted by molar-refractivity contribution is 6.31. The third-order valence-corrected chi connectivity index (χ3v) is 4.65. The molecule has 0 heterocycles. The van der Waals surface area contributed by atoms with E-state index in [0.29, 0.717) is 5.02 Å². The van der Waals surface area contributed by atoms with E-state index in [1.54, 1.807) is 32.9 Å². The molecule has 24 heavy (non-hydrogen) atoms. The van der Waals surface area contributed by atoms with Crippen molar-refractivity contribution in [1.29, 1.82) is 0 Å². The summed E-state index contributed by atoms with van der Waals surface area (Å²) in [7, 11) is 0. The average Bonchev–Trinajstić information content (AvgIpc) is 3.16. The van der Waals surface area contributed by atoms with Crippen LogP contribution in [0.5, 0.6) is 0 Å². The van der Waals surface area contributed by atoms with Crippen molar-refractivity contribution in [3.05, 3.63) is 34.9 Å². The van der Waals surface area contributed by atoms with E-state index in [0.717, 1.165) is 18.4 Å². The third kappa shape index (κ3) is 4.41. The minimum absolute atomic E-state index is 0.205. The van der Waals surface area contributed by atoms with Crippen LogP contribution in [0.4, 0.5) is 4.79 Å². The van der Waals surface area contributed by atoms with Gasteiger partial charge in [0.05, 0.1) is 0 Å². The number of carbonyl (C=O) groups excluding carboxylic acids is 1. The van der Waals surface area contributed by atoms with Crippen molar-refractivity contribution in [2.24, 2.45) is 5.41 Å². The van der Waals surface area contributed by atoms with Crippen molar-refractivity contribution < 1.29 is 19.4 Å². The first kappa shape index (κ1) is 18.6. The SMILES string of the molecule is CC(C)(C)OC(=O)N[C@@H](C(=O)O)[C@@H](c1ccccc1Cl)C1(C)CC1. The van der Waals surface area contributed by atoms with Gasteiger partial charge in [-0.1, -0.05) is 36.7 Å². The summed E-state index contributed by atoms with van der Waals surface area (Å²) in [6.07, 6.45) is 1.04. The molecule has 2 N–H and O–H groups in total. The maximum absolute atomic E-state index is 12.1. The molecule has 1 aliphatic carbocycles. The largest absolute Gasteiger partial charge is 0.480 e. The Morgan fingerprint density at radius 3 is 2.33 bits per heavy atom. The van der Waals surface area contributed by atoms with Gasteiger partial charge in [-0.2, -0.15) is 0 Å². The molecule has 0 aromatic heterocycles. The number of rotatable bonds is 5. The molecule has 1 aromatic rings. The van der Waals surface area contributed by atoms with Gasteiger partial charge in [0.1, 0.15) is 11.6 Å². The van der Waals surface area contributed by atoms with Crippen LogP contribution in [-0.2, 0) is 9.53 Å². The van der Waals surface area contributed by atoms with E-state index in [9.17, 15) is 14.7 Å². The van der Waals surface area contributed by atoms with Gasteiger partial charge in [-0.25, -0.2) is 9.59 Å². The topological polar surface area (TPSA) is 75.6 Å². The van der Waals surface area contributed by atoms with Crippen molar-refractivity contribution in [2.75, 3.05) is 0 Å². The lowest BCUT2D eigenvalue weighted by Gasteiger charge is -2.31. The third-order valence-electron chi connectivity index (χ3n) is 4.30. The number of alkyl carbamates (subject to hydrolysis) is 1. The van der Waals surface area contributed by atoms with Crippen LogP contribution in [0.1, 0.15) is 52.0 Å². The van der Waals surface area contributed by atoms with Crippen molar-refractivity contribution in [1.82, 2.24) is 5.32 Å². The van der Waals surface area contributed by atoms with Gasteiger partial charge in [0.25, 0.3) is 0 Å². The molecule has 1 saturated carbocycles. The van der Waals surface area contributed by atoms with E-state index in [4.69, 9.17) is 16.3 Å². The predicted molar refractivity (Wildman–Crippen MR) is 92.3 cm³/mol. The quantitative estimate of drug-likeness (QED) is 0.831. The van der Waals surface area contributed by atoms with Gasteiger partial charge in [0, 0.05) is 10.9 Å². The standard InChI is InChI=1S/C18H24ClNO4/c1-17(2,3)24-16(23)20-14(15(21)22)13(18(4)9-10-18)11-7-5-6-8-12(11)19/h5-8,13-14H,9-10H2,1-4H3,(H,20,23)(H,21,22)/t13-,14-/m1/s1. The van der Waals surface area contributed by atoms with E-state index in [1.807, 2.05) is 19.1 Å². The van der Waals surface area contributed by atoms with Crippen molar-refractivity contribution in [2.45, 2.75) is 58.1 Å². The Balaban J connectivity index is 2.33. The normalized spacial score (nSPS) is 18.4. The van der Waals surface area contributed by atoms with E-state index >= 15 is 0 Å². The van der Waals surface area contributed by atoms with Crippen LogP contribution in [-0.4, -0.2) is 28.8 Å². The Hall–Kier alpha value is -1.75. The lowest BCUT2D eigenvalue weighted by atomic mass is 9.79. The summed E-state index contributed by atoms with van der Waals surface area (Å²) in [5.74, 6) is -1.52. The summed E-state index contributed by atoms with van der Waals surface area (Å²) in [5, 5.41) is 12.8. The number of benzene rings is 1. The number of amides is 1. The van der Waals surface area contributed by atoms with Gasteiger partial charge in [-0.3, -0.25) is 0 Å². The minimum Gasteiger partial charge on any atom is -0.480 e. The van der Waals surface area contributed by atoms with Gasteiger partial charge in [-0.15, -0.1) is 0 Å². The van der Waals surface area contributed by atoms with Gasteiger partial charge < -0.3 is 15.2 Å². The predicted octanol–water partition coefficient (Wildman–Crippen LogP) is 4.20. The lowest BCUT2D eigenvalue weighted by Crippen LogP contribution is -2.48. The fourth-order valence-electron chi connectivity index (χ4n) is 2.92. The summed E-state index contributed by atoms with van der Waals surface area (Å²) >= 11 is 6.31. The van der Waals surface area contributed by atoms with Crippen molar-refractivity contribution in [3.8, 4) is 0 Å². The number of hydrogen-bond donors (Lipinski definition) is 2. The number of nitrogens with one attached hydrogen (secondary N) is 1. The zero-order chi connectivity index (χ0) is 18.1. The second-order valence-electron chi connectivity index (χ2n) is 7.62. The Kier molecular flexibility index (Phi) is 5.14. The molecule has 1 fully saturated rings. The average molecular weight is 354 g/mol. The summed E-state index contributed by atoms with van der Waals surface area (Å²) in [6, 6.07) is 6.08. The number of ether oxygens (including phenoxy) is 1. The zero-order valence-corrected chi connectivity index (χ0v) is 15.2. The lowest BCUT2D eigenvalue weighted by molar-refractivity contribution is -0.140. The first-order valence-corrected chi connectivity index (χ1v) is 8.38. The van der Waals surface area contributed by atoms with Crippen LogP contribution in [0, 0.1) is 5.41 Å². The van der Waals surface area contributed by atoms with E-state index in [2.05, 4.69) is 5.32 Å². The molecule has 2 atom stereocenters. The molecule has 1 amide bonds. The highest BCUT2D eigenvalue weighted by Gasteiger charge is 2.52. The number of carboxylic acid groups (broad SMARTS) is 1. The first-order valence-electron chi connectivity index (χ1n) is 8.00. The number of carbonyl (C=O) groups is 2. The molecule has 1 aromatic carbocycles.